The number of pyridine rings is 1. The predicted molar refractivity (Wildman–Crippen MR) is 155 cm³/mol. The average molecular weight is 526 g/mol. The fraction of sp³-hybridized carbons (Fsp3) is 0.516. The molecule has 7 heteroatoms. The van der Waals surface area contributed by atoms with Crippen molar-refractivity contribution >= 4 is 23.7 Å². The van der Waals surface area contributed by atoms with E-state index in [1.54, 1.807) is 20.2 Å². The molecule has 0 bridgehead atoms. The molecule has 3 heterocycles. The van der Waals surface area contributed by atoms with Crippen LogP contribution in [0.3, 0.4) is 0 Å². The normalized spacial score (nSPS) is 12.1. The quantitative estimate of drug-likeness (QED) is 0.255. The van der Waals surface area contributed by atoms with Crippen molar-refractivity contribution < 1.29 is 19.1 Å². The molecule has 38 heavy (non-hydrogen) atoms. The summed E-state index contributed by atoms with van der Waals surface area (Å²) in [6.07, 6.45) is 8.60. The molecule has 0 spiro atoms. The number of nitrogens with zero attached hydrogens (tertiary/aromatic N) is 3. The van der Waals surface area contributed by atoms with Crippen LogP contribution in [-0.2, 0) is 38.6 Å². The first-order valence-corrected chi connectivity index (χ1v) is 13.6. The minimum Gasteiger partial charge on any atom is -0.468 e. The van der Waals surface area contributed by atoms with Gasteiger partial charge in [-0.2, -0.15) is 0 Å². The fourth-order valence-corrected chi connectivity index (χ4v) is 4.20. The number of aldehydes is 1. The summed E-state index contributed by atoms with van der Waals surface area (Å²) in [5.74, 6) is 0. The van der Waals surface area contributed by atoms with Gasteiger partial charge in [-0.25, -0.2) is 0 Å². The molecule has 0 aliphatic carbocycles. The van der Waals surface area contributed by atoms with Gasteiger partial charge in [0.2, 0.25) is 0 Å². The first-order chi connectivity index (χ1) is 18.5. The molecule has 0 radical (unpaired) electrons. The van der Waals surface area contributed by atoms with E-state index in [9.17, 15) is 9.59 Å². The van der Waals surface area contributed by atoms with Crippen LogP contribution in [0.4, 0.5) is 0 Å². The van der Waals surface area contributed by atoms with Gasteiger partial charge in [0.25, 0.3) is 6.47 Å². The number of aryl methyl sites for hydroxylation is 3. The van der Waals surface area contributed by atoms with Crippen molar-refractivity contribution in [3.8, 4) is 0 Å². The van der Waals surface area contributed by atoms with Crippen LogP contribution in [0.2, 0.25) is 0 Å². The third kappa shape index (κ3) is 11.6. The van der Waals surface area contributed by atoms with E-state index in [0.717, 1.165) is 51.9 Å². The molecule has 4 rings (SSSR count). The lowest BCUT2D eigenvalue weighted by molar-refractivity contribution is -0.128. The van der Waals surface area contributed by atoms with E-state index in [-0.39, 0.29) is 0 Å². The van der Waals surface area contributed by atoms with E-state index in [2.05, 4.69) is 56.0 Å². The third-order valence-electron chi connectivity index (χ3n) is 6.07. The Bertz CT molecular complexity index is 1050. The van der Waals surface area contributed by atoms with Crippen LogP contribution < -0.4 is 0 Å². The second-order valence-corrected chi connectivity index (χ2v) is 9.09. The van der Waals surface area contributed by atoms with Crippen molar-refractivity contribution in [2.24, 2.45) is 0 Å². The average Bonchev–Trinajstić information content (AvgIpc) is 3.23. The number of rotatable bonds is 9. The zero-order chi connectivity index (χ0) is 28.2. The van der Waals surface area contributed by atoms with Crippen LogP contribution in [0.15, 0.2) is 42.7 Å². The number of carbonyl (C=O) groups excluding carboxylic acids is 2. The SMILES string of the molecule is CCCn1c2c(c3cc(C)ccc31)CN(CCCC=O)CC2.CCOC.CCOC=O.Cc1cccnc1. The minimum atomic E-state index is 0.431. The van der Waals surface area contributed by atoms with Crippen LogP contribution in [-0.4, -0.2) is 60.6 Å². The summed E-state index contributed by atoms with van der Waals surface area (Å²) in [4.78, 5) is 26.1. The lowest BCUT2D eigenvalue weighted by atomic mass is 10.0. The van der Waals surface area contributed by atoms with Gasteiger partial charge in [-0.05, 0) is 76.4 Å². The Morgan fingerprint density at radius 1 is 1.03 bits per heavy atom. The molecule has 0 amide bonds. The fourth-order valence-electron chi connectivity index (χ4n) is 4.20. The highest BCUT2D eigenvalue weighted by Crippen LogP contribution is 2.32. The lowest BCUT2D eigenvalue weighted by Crippen LogP contribution is -2.32. The summed E-state index contributed by atoms with van der Waals surface area (Å²) in [5, 5.41) is 1.43. The predicted octanol–water partition coefficient (Wildman–Crippen LogP) is 5.92. The smallest absolute Gasteiger partial charge is 0.293 e. The summed E-state index contributed by atoms with van der Waals surface area (Å²) in [6.45, 7) is 16.2. The first-order valence-electron chi connectivity index (χ1n) is 13.6. The van der Waals surface area contributed by atoms with Gasteiger partial charge in [-0.15, -0.1) is 0 Å². The van der Waals surface area contributed by atoms with Gasteiger partial charge in [0.1, 0.15) is 6.29 Å². The largest absolute Gasteiger partial charge is 0.468 e. The van der Waals surface area contributed by atoms with Gasteiger partial charge in [-0.3, -0.25) is 14.7 Å². The molecule has 1 aromatic carbocycles. The first kappa shape index (κ1) is 33.0. The van der Waals surface area contributed by atoms with Crippen LogP contribution >= 0.6 is 0 Å². The molecule has 3 aromatic rings. The van der Waals surface area contributed by atoms with Gasteiger partial charge >= 0.3 is 0 Å². The van der Waals surface area contributed by atoms with E-state index < -0.39 is 0 Å². The molecular weight excluding hydrogens is 478 g/mol. The summed E-state index contributed by atoms with van der Waals surface area (Å²) in [5.41, 5.74) is 7.00. The van der Waals surface area contributed by atoms with Crippen molar-refractivity contribution in [1.29, 1.82) is 0 Å². The third-order valence-corrected chi connectivity index (χ3v) is 6.07. The van der Waals surface area contributed by atoms with Crippen molar-refractivity contribution in [2.75, 3.05) is 33.4 Å². The highest BCUT2D eigenvalue weighted by atomic mass is 16.5. The molecule has 1 aliphatic heterocycles. The second kappa shape index (κ2) is 20.0. The Morgan fingerprint density at radius 2 is 1.79 bits per heavy atom. The van der Waals surface area contributed by atoms with Crippen molar-refractivity contribution in [1.82, 2.24) is 14.5 Å². The standard InChI is InChI=1S/C19H26N2O.C6H7N.C3H6O2.C3H8O/c1-3-9-21-18-7-6-15(2)13-16(18)17-14-20(10-4-5-12-22)11-8-19(17)21;1-6-3-2-4-7-5-6;1-2-5-3-4;1-3-4-2/h6-7,12-13H,3-5,8-11,14H2,1-2H3;2-5H,1H3;3H,2H2,1H3;3H2,1-2H3. The van der Waals surface area contributed by atoms with Crippen LogP contribution in [0, 0.1) is 13.8 Å². The van der Waals surface area contributed by atoms with Crippen LogP contribution in [0.1, 0.15) is 62.4 Å². The van der Waals surface area contributed by atoms with Gasteiger partial charge < -0.3 is 18.8 Å². The Morgan fingerprint density at radius 3 is 2.29 bits per heavy atom. The maximum absolute atomic E-state index is 10.5. The second-order valence-electron chi connectivity index (χ2n) is 9.09. The molecule has 210 valence electrons. The number of aromatic nitrogens is 2. The van der Waals surface area contributed by atoms with E-state index >= 15 is 0 Å². The van der Waals surface area contributed by atoms with E-state index in [1.165, 1.54) is 39.7 Å². The highest BCUT2D eigenvalue weighted by molar-refractivity contribution is 5.86. The number of methoxy groups -OCH3 is 1. The number of unbranched alkanes of at least 4 members (excludes halogenated alkanes) is 1. The monoisotopic (exact) mass is 525 g/mol. The van der Waals surface area contributed by atoms with E-state index in [4.69, 9.17) is 0 Å². The van der Waals surface area contributed by atoms with Crippen molar-refractivity contribution in [2.45, 2.75) is 73.4 Å². The molecule has 0 saturated heterocycles. The molecular formula is C31H47N3O4. The molecule has 0 saturated carbocycles. The molecule has 0 N–H and O–H groups in total. The molecule has 0 fully saturated rings. The number of hydrogen-bond donors (Lipinski definition) is 0. The summed E-state index contributed by atoms with van der Waals surface area (Å²) >= 11 is 0. The minimum absolute atomic E-state index is 0.431. The van der Waals surface area contributed by atoms with E-state index in [0.29, 0.717) is 19.5 Å². The van der Waals surface area contributed by atoms with Gasteiger partial charge in [0.15, 0.2) is 0 Å². The molecule has 1 aliphatic rings. The highest BCUT2D eigenvalue weighted by Gasteiger charge is 2.23. The maximum Gasteiger partial charge on any atom is 0.293 e. The molecule has 0 unspecified atom stereocenters. The van der Waals surface area contributed by atoms with Crippen LogP contribution in [0.25, 0.3) is 10.9 Å². The maximum atomic E-state index is 10.5. The van der Waals surface area contributed by atoms with Crippen molar-refractivity contribution in [3.05, 3.63) is 65.1 Å². The summed E-state index contributed by atoms with van der Waals surface area (Å²) < 4.78 is 11.2. The van der Waals surface area contributed by atoms with Crippen LogP contribution in [0.5, 0.6) is 0 Å². The van der Waals surface area contributed by atoms with Gasteiger partial charge in [0, 0.05) is 75.2 Å². The number of carbonyl (C=O) groups is 2. The zero-order valence-corrected chi connectivity index (χ0v) is 24.2. The van der Waals surface area contributed by atoms with Gasteiger partial charge in [-0.1, -0.05) is 24.6 Å². The molecule has 7 nitrogen and oxygen atoms in total. The number of hydrogen-bond acceptors (Lipinski definition) is 6. The Kier molecular flexibility index (Phi) is 17.4. The van der Waals surface area contributed by atoms with Gasteiger partial charge in [0.05, 0.1) is 6.61 Å². The van der Waals surface area contributed by atoms with Crippen molar-refractivity contribution in [3.63, 3.8) is 0 Å². The lowest BCUT2D eigenvalue weighted by Gasteiger charge is -2.28. The number of benzene rings is 1. The Hall–Kier alpha value is -3.03. The molecule has 0 atom stereocenters. The number of fused-ring (bicyclic) bond motifs is 3. The summed E-state index contributed by atoms with van der Waals surface area (Å²) in [6, 6.07) is 10.8. The Balaban J connectivity index is 0.000000368. The zero-order valence-electron chi connectivity index (χ0n) is 24.2. The van der Waals surface area contributed by atoms with E-state index in [1.807, 2.05) is 32.2 Å². The topological polar surface area (TPSA) is 73.7 Å². The number of ether oxygens (including phenoxy) is 2. The summed E-state index contributed by atoms with van der Waals surface area (Å²) in [7, 11) is 1.68. The molecule has 2 aromatic heterocycles. The Labute approximate surface area is 229 Å².